The topological polar surface area (TPSA) is 46.1 Å². The van der Waals surface area contributed by atoms with E-state index in [-0.39, 0.29) is 24.4 Å². The van der Waals surface area contributed by atoms with Crippen LogP contribution in [0.2, 0.25) is 0 Å². The van der Waals surface area contributed by atoms with Crippen molar-refractivity contribution in [3.63, 3.8) is 0 Å². The van der Waals surface area contributed by atoms with Gasteiger partial charge < -0.3 is 15.2 Å². The Hall–Kier alpha value is -0.520. The third-order valence-electron chi connectivity index (χ3n) is 2.50. The molecule has 0 saturated carbocycles. The van der Waals surface area contributed by atoms with Crippen LogP contribution in [0.4, 0.5) is 0 Å². The van der Waals surface area contributed by atoms with Gasteiger partial charge in [-0.25, -0.2) is 0 Å². The summed E-state index contributed by atoms with van der Waals surface area (Å²) in [5.41, 5.74) is 0.692. The van der Waals surface area contributed by atoms with Gasteiger partial charge in [0.15, 0.2) is 0 Å². The molecule has 0 bridgehead atoms. The van der Waals surface area contributed by atoms with Crippen molar-refractivity contribution < 1.29 is 4.79 Å². The van der Waals surface area contributed by atoms with Crippen LogP contribution in [0.25, 0.3) is 0 Å². The summed E-state index contributed by atoms with van der Waals surface area (Å²) in [5.74, 6) is -0.0327. The minimum absolute atomic E-state index is 0. The zero-order valence-corrected chi connectivity index (χ0v) is 12.7. The van der Waals surface area contributed by atoms with E-state index in [1.165, 1.54) is 0 Å². The Kier molecular flexibility index (Phi) is 7.50. The largest absolute Gasteiger partial charge is 0.349 e. The van der Waals surface area contributed by atoms with E-state index in [0.717, 1.165) is 11.0 Å². The lowest BCUT2D eigenvalue weighted by molar-refractivity contribution is 0.0941. The standard InChI is InChI=1S/C11H18BrN3O.ClH/c1-4-15-7-9(12)5-10(15)11(16)14-6-8(2)13-3;/h5,7-8,13H,4,6H2,1-3H3,(H,14,16);1H. The van der Waals surface area contributed by atoms with Crippen LogP contribution < -0.4 is 10.6 Å². The van der Waals surface area contributed by atoms with Crippen molar-refractivity contribution >= 4 is 34.2 Å². The lowest BCUT2D eigenvalue weighted by Gasteiger charge is -2.12. The van der Waals surface area contributed by atoms with Gasteiger partial charge in [0.25, 0.3) is 5.91 Å². The molecule has 0 saturated heterocycles. The molecule has 1 amide bonds. The maximum Gasteiger partial charge on any atom is 0.267 e. The first-order chi connectivity index (χ1) is 7.58. The third-order valence-corrected chi connectivity index (χ3v) is 2.93. The number of amides is 1. The second-order valence-electron chi connectivity index (χ2n) is 3.73. The van der Waals surface area contributed by atoms with Crippen molar-refractivity contribution in [2.24, 2.45) is 0 Å². The molecule has 0 aliphatic heterocycles. The fraction of sp³-hybridized carbons (Fsp3) is 0.545. The Morgan fingerprint density at radius 3 is 2.76 bits per heavy atom. The SMILES string of the molecule is CCn1cc(Br)cc1C(=O)NCC(C)NC.Cl. The predicted molar refractivity (Wildman–Crippen MR) is 75.9 cm³/mol. The second kappa shape index (κ2) is 7.74. The molecule has 0 radical (unpaired) electrons. The van der Waals surface area contributed by atoms with Crippen LogP contribution >= 0.6 is 28.3 Å². The number of carbonyl (C=O) groups is 1. The fourth-order valence-corrected chi connectivity index (χ4v) is 1.83. The molecular formula is C11H19BrClN3O. The Morgan fingerprint density at radius 1 is 1.59 bits per heavy atom. The molecule has 6 heteroatoms. The van der Waals surface area contributed by atoms with Gasteiger partial charge in [0, 0.05) is 29.8 Å². The molecule has 4 nitrogen and oxygen atoms in total. The number of nitrogens with one attached hydrogen (secondary N) is 2. The van der Waals surface area contributed by atoms with E-state index >= 15 is 0 Å². The number of halogens is 2. The molecule has 1 aromatic rings. The van der Waals surface area contributed by atoms with Gasteiger partial charge in [-0.05, 0) is 42.9 Å². The molecule has 17 heavy (non-hydrogen) atoms. The number of carbonyl (C=O) groups excluding carboxylic acids is 1. The molecule has 0 spiro atoms. The quantitative estimate of drug-likeness (QED) is 0.870. The van der Waals surface area contributed by atoms with Crippen LogP contribution in [0, 0.1) is 0 Å². The first-order valence-corrected chi connectivity index (χ1v) is 6.19. The summed E-state index contributed by atoms with van der Waals surface area (Å²) in [6.45, 7) is 5.45. The second-order valence-corrected chi connectivity index (χ2v) is 4.65. The molecule has 2 N–H and O–H groups in total. The maximum absolute atomic E-state index is 11.9. The first kappa shape index (κ1) is 16.5. The van der Waals surface area contributed by atoms with Crippen LogP contribution in [0.1, 0.15) is 24.3 Å². The lowest BCUT2D eigenvalue weighted by Crippen LogP contribution is -2.37. The van der Waals surface area contributed by atoms with Gasteiger partial charge in [-0.1, -0.05) is 0 Å². The van der Waals surface area contributed by atoms with Crippen LogP contribution in [0.3, 0.4) is 0 Å². The Morgan fingerprint density at radius 2 is 2.24 bits per heavy atom. The molecule has 1 atom stereocenters. The summed E-state index contributed by atoms with van der Waals surface area (Å²) in [7, 11) is 1.88. The van der Waals surface area contributed by atoms with E-state index in [9.17, 15) is 4.79 Å². The average molecular weight is 325 g/mol. The number of nitrogens with zero attached hydrogens (tertiary/aromatic N) is 1. The van der Waals surface area contributed by atoms with Crippen molar-refractivity contribution in [3.8, 4) is 0 Å². The number of hydrogen-bond acceptors (Lipinski definition) is 2. The highest BCUT2D eigenvalue weighted by Crippen LogP contribution is 2.14. The maximum atomic E-state index is 11.9. The summed E-state index contributed by atoms with van der Waals surface area (Å²) >= 11 is 3.37. The number of aromatic nitrogens is 1. The molecule has 0 aliphatic carbocycles. The van der Waals surface area contributed by atoms with E-state index < -0.39 is 0 Å². The Labute approximate surface area is 117 Å². The molecule has 1 rings (SSSR count). The van der Waals surface area contributed by atoms with Crippen molar-refractivity contribution in [1.29, 1.82) is 0 Å². The van der Waals surface area contributed by atoms with E-state index in [1.807, 2.05) is 37.7 Å². The number of rotatable bonds is 5. The van der Waals surface area contributed by atoms with E-state index in [4.69, 9.17) is 0 Å². The van der Waals surface area contributed by atoms with Crippen molar-refractivity contribution in [3.05, 3.63) is 22.4 Å². The van der Waals surface area contributed by atoms with Gasteiger partial charge in [0.1, 0.15) is 5.69 Å². The minimum Gasteiger partial charge on any atom is -0.349 e. The highest BCUT2D eigenvalue weighted by molar-refractivity contribution is 9.10. The van der Waals surface area contributed by atoms with Crippen LogP contribution in [-0.2, 0) is 6.54 Å². The molecule has 0 fully saturated rings. The number of likely N-dealkylation sites (N-methyl/N-ethyl adjacent to an activating group) is 1. The highest BCUT2D eigenvalue weighted by Gasteiger charge is 2.12. The van der Waals surface area contributed by atoms with E-state index in [1.54, 1.807) is 0 Å². The van der Waals surface area contributed by atoms with Crippen LogP contribution in [-0.4, -0.2) is 30.1 Å². The minimum atomic E-state index is -0.0327. The van der Waals surface area contributed by atoms with Crippen molar-refractivity contribution in [2.45, 2.75) is 26.4 Å². The summed E-state index contributed by atoms with van der Waals surface area (Å²) in [5, 5.41) is 5.97. The molecule has 1 heterocycles. The smallest absolute Gasteiger partial charge is 0.267 e. The normalized spacial score (nSPS) is 11.8. The van der Waals surface area contributed by atoms with Gasteiger partial charge in [-0.2, -0.15) is 0 Å². The van der Waals surface area contributed by atoms with Crippen molar-refractivity contribution in [1.82, 2.24) is 15.2 Å². The van der Waals surface area contributed by atoms with Gasteiger partial charge >= 0.3 is 0 Å². The zero-order valence-electron chi connectivity index (χ0n) is 10.3. The highest BCUT2D eigenvalue weighted by atomic mass is 79.9. The summed E-state index contributed by atoms with van der Waals surface area (Å²) in [4.78, 5) is 11.9. The fourth-order valence-electron chi connectivity index (χ4n) is 1.37. The average Bonchev–Trinajstić information content (AvgIpc) is 2.66. The predicted octanol–water partition coefficient (Wildman–Crippen LogP) is 2.03. The molecular weight excluding hydrogens is 305 g/mol. The molecule has 0 aromatic carbocycles. The molecule has 0 aliphatic rings. The molecule has 1 unspecified atom stereocenters. The van der Waals surface area contributed by atoms with Gasteiger partial charge in [0.05, 0.1) is 0 Å². The Bertz CT molecular complexity index is 368. The van der Waals surface area contributed by atoms with Gasteiger partial charge in [-0.3, -0.25) is 4.79 Å². The van der Waals surface area contributed by atoms with Crippen molar-refractivity contribution in [2.75, 3.05) is 13.6 Å². The van der Waals surface area contributed by atoms with Gasteiger partial charge in [-0.15, -0.1) is 12.4 Å². The molecule has 1 aromatic heterocycles. The summed E-state index contributed by atoms with van der Waals surface area (Å²) in [6.07, 6.45) is 1.91. The number of aryl methyl sites for hydroxylation is 1. The number of hydrogen-bond donors (Lipinski definition) is 2. The molecule has 98 valence electrons. The third kappa shape index (κ3) is 4.69. The monoisotopic (exact) mass is 323 g/mol. The summed E-state index contributed by atoms with van der Waals surface area (Å²) < 4.78 is 2.85. The first-order valence-electron chi connectivity index (χ1n) is 5.39. The lowest BCUT2D eigenvalue weighted by atomic mass is 10.3. The van der Waals surface area contributed by atoms with Crippen LogP contribution in [0.15, 0.2) is 16.7 Å². The zero-order chi connectivity index (χ0) is 12.1. The van der Waals surface area contributed by atoms with Crippen LogP contribution in [0.5, 0.6) is 0 Å². The Balaban J connectivity index is 0.00000256. The van der Waals surface area contributed by atoms with Gasteiger partial charge in [0.2, 0.25) is 0 Å². The van der Waals surface area contributed by atoms with E-state index in [2.05, 4.69) is 26.6 Å². The summed E-state index contributed by atoms with van der Waals surface area (Å²) in [6, 6.07) is 2.11. The van der Waals surface area contributed by atoms with E-state index in [0.29, 0.717) is 12.2 Å².